The zero-order chi connectivity index (χ0) is 16.8. The molecule has 1 aliphatic rings. The van der Waals surface area contributed by atoms with Crippen LogP contribution < -0.4 is 0 Å². The van der Waals surface area contributed by atoms with Gasteiger partial charge in [-0.1, -0.05) is 55.4 Å². The molecule has 0 saturated heterocycles. The molecule has 0 bridgehead atoms. The third-order valence-electron chi connectivity index (χ3n) is 4.24. The molecular formula is C20H27FO. The molecule has 1 rings (SSSR count). The summed E-state index contributed by atoms with van der Waals surface area (Å²) in [4.78, 5) is 10.3. The Hall–Kier alpha value is -1.70. The van der Waals surface area contributed by atoms with Gasteiger partial charge in [0.15, 0.2) is 12.1 Å². The average Bonchev–Trinajstić information content (AvgIpc) is 2.45. The maximum atomic E-state index is 13.0. The van der Waals surface area contributed by atoms with Gasteiger partial charge in [-0.15, -0.1) is 0 Å². The van der Waals surface area contributed by atoms with Crippen molar-refractivity contribution in [3.8, 4) is 0 Å². The number of halogens is 1. The van der Waals surface area contributed by atoms with Crippen molar-refractivity contribution in [2.45, 2.75) is 53.9 Å². The third-order valence-corrected chi connectivity index (χ3v) is 4.24. The molecule has 22 heavy (non-hydrogen) atoms. The first-order valence-corrected chi connectivity index (χ1v) is 7.83. The van der Waals surface area contributed by atoms with Gasteiger partial charge < -0.3 is 0 Å². The predicted octanol–water partition coefficient (Wildman–Crippen LogP) is 6.01. The average molecular weight is 302 g/mol. The van der Waals surface area contributed by atoms with Gasteiger partial charge >= 0.3 is 0 Å². The molecular weight excluding hydrogens is 275 g/mol. The summed E-state index contributed by atoms with van der Waals surface area (Å²) in [5.74, 6) is -0.720. The fourth-order valence-electron chi connectivity index (χ4n) is 2.80. The van der Waals surface area contributed by atoms with Crippen molar-refractivity contribution >= 4 is 6.29 Å². The first-order chi connectivity index (χ1) is 10.3. The number of carbonyl (C=O) groups excluding carboxylic acids is 1. The number of allylic oxidation sites excluding steroid dienone is 10. The van der Waals surface area contributed by atoms with Gasteiger partial charge in [-0.3, -0.25) is 4.79 Å². The molecule has 0 spiro atoms. The van der Waals surface area contributed by atoms with Crippen molar-refractivity contribution in [3.05, 3.63) is 58.5 Å². The second kappa shape index (κ2) is 8.07. The molecule has 0 unspecified atom stereocenters. The fourth-order valence-corrected chi connectivity index (χ4v) is 2.80. The van der Waals surface area contributed by atoms with E-state index in [0.29, 0.717) is 5.57 Å². The van der Waals surface area contributed by atoms with E-state index < -0.39 is 5.83 Å². The van der Waals surface area contributed by atoms with Crippen LogP contribution in [0.25, 0.3) is 0 Å². The van der Waals surface area contributed by atoms with Crippen LogP contribution in [0, 0.1) is 5.41 Å². The summed E-state index contributed by atoms with van der Waals surface area (Å²) < 4.78 is 13.0. The molecule has 0 aromatic heterocycles. The van der Waals surface area contributed by atoms with Gasteiger partial charge in [-0.2, -0.15) is 0 Å². The highest BCUT2D eigenvalue weighted by Crippen LogP contribution is 2.40. The van der Waals surface area contributed by atoms with Gasteiger partial charge in [-0.25, -0.2) is 4.39 Å². The molecule has 0 amide bonds. The summed E-state index contributed by atoms with van der Waals surface area (Å²) in [5, 5.41) is 0. The summed E-state index contributed by atoms with van der Waals surface area (Å²) in [5.41, 5.74) is 4.58. The number of hydrogen-bond acceptors (Lipinski definition) is 1. The Morgan fingerprint density at radius 3 is 2.50 bits per heavy atom. The maximum absolute atomic E-state index is 13.0. The number of carbonyl (C=O) groups is 1. The fraction of sp³-hybridized carbons (Fsp3) is 0.450. The van der Waals surface area contributed by atoms with Crippen LogP contribution >= 0.6 is 0 Å². The van der Waals surface area contributed by atoms with Crippen molar-refractivity contribution in [1.82, 2.24) is 0 Å². The molecule has 0 aromatic carbocycles. The van der Waals surface area contributed by atoms with Crippen LogP contribution in [0.5, 0.6) is 0 Å². The minimum absolute atomic E-state index is 0.233. The Morgan fingerprint density at radius 1 is 1.23 bits per heavy atom. The van der Waals surface area contributed by atoms with Crippen LogP contribution in [0.4, 0.5) is 4.39 Å². The lowest BCUT2D eigenvalue weighted by Gasteiger charge is -2.32. The van der Waals surface area contributed by atoms with Gasteiger partial charge in [0, 0.05) is 0 Å². The largest absolute Gasteiger partial charge is 0.295 e. The van der Waals surface area contributed by atoms with Crippen molar-refractivity contribution in [3.63, 3.8) is 0 Å². The Morgan fingerprint density at radius 2 is 1.91 bits per heavy atom. The van der Waals surface area contributed by atoms with Crippen molar-refractivity contribution < 1.29 is 9.18 Å². The normalized spacial score (nSPS) is 20.7. The van der Waals surface area contributed by atoms with Crippen LogP contribution in [0.1, 0.15) is 53.9 Å². The Kier molecular flexibility index (Phi) is 6.73. The van der Waals surface area contributed by atoms with E-state index in [1.165, 1.54) is 30.4 Å². The van der Waals surface area contributed by atoms with Crippen molar-refractivity contribution in [2.24, 2.45) is 5.41 Å². The summed E-state index contributed by atoms with van der Waals surface area (Å²) in [7, 11) is 0. The second-order valence-corrected chi connectivity index (χ2v) is 6.68. The zero-order valence-electron chi connectivity index (χ0n) is 14.4. The highest BCUT2D eigenvalue weighted by molar-refractivity contribution is 5.72. The van der Waals surface area contributed by atoms with Gasteiger partial charge in [0.2, 0.25) is 0 Å². The number of hydrogen-bond donors (Lipinski definition) is 0. The SMILES string of the molecule is CC1=C(/C=C/C(C)=C/C=C\C(C)=C(\F)C=O)C(C)(C)CCC1. The van der Waals surface area contributed by atoms with Crippen LogP contribution in [0.2, 0.25) is 0 Å². The van der Waals surface area contributed by atoms with Crippen LogP contribution in [-0.4, -0.2) is 6.29 Å². The lowest BCUT2D eigenvalue weighted by molar-refractivity contribution is -0.106. The predicted molar refractivity (Wildman–Crippen MR) is 92.2 cm³/mol. The molecule has 0 aliphatic heterocycles. The molecule has 0 fully saturated rings. The number of rotatable bonds is 5. The highest BCUT2D eigenvalue weighted by Gasteiger charge is 2.26. The molecule has 0 N–H and O–H groups in total. The molecule has 0 heterocycles. The molecule has 0 aromatic rings. The van der Waals surface area contributed by atoms with E-state index in [1.807, 2.05) is 13.0 Å². The highest BCUT2D eigenvalue weighted by atomic mass is 19.1. The van der Waals surface area contributed by atoms with Crippen LogP contribution in [-0.2, 0) is 4.79 Å². The molecule has 120 valence electrons. The molecule has 1 nitrogen and oxygen atoms in total. The lowest BCUT2D eigenvalue weighted by atomic mass is 9.72. The van der Waals surface area contributed by atoms with Gasteiger partial charge in [0.1, 0.15) is 0 Å². The smallest absolute Gasteiger partial charge is 0.178 e. The minimum Gasteiger partial charge on any atom is -0.295 e. The lowest BCUT2D eigenvalue weighted by Crippen LogP contribution is -2.19. The topological polar surface area (TPSA) is 17.1 Å². The Labute approximate surface area is 134 Å². The maximum Gasteiger partial charge on any atom is 0.178 e. The Bertz CT molecular complexity index is 569. The van der Waals surface area contributed by atoms with Gasteiger partial charge in [0.25, 0.3) is 0 Å². The Balaban J connectivity index is 2.84. The summed E-state index contributed by atoms with van der Waals surface area (Å²) in [6, 6.07) is 0. The zero-order valence-corrected chi connectivity index (χ0v) is 14.4. The molecule has 0 saturated carbocycles. The minimum atomic E-state index is -0.720. The molecule has 0 atom stereocenters. The molecule has 2 heteroatoms. The van der Waals surface area contributed by atoms with E-state index in [1.54, 1.807) is 19.1 Å². The van der Waals surface area contributed by atoms with E-state index in [-0.39, 0.29) is 11.7 Å². The van der Waals surface area contributed by atoms with E-state index >= 15 is 0 Å². The summed E-state index contributed by atoms with van der Waals surface area (Å²) in [6.07, 6.45) is 13.5. The van der Waals surface area contributed by atoms with Crippen LogP contribution in [0.15, 0.2) is 58.5 Å². The van der Waals surface area contributed by atoms with E-state index in [2.05, 4.69) is 32.9 Å². The first kappa shape index (κ1) is 18.3. The number of aldehydes is 1. The third kappa shape index (κ3) is 5.25. The second-order valence-electron chi connectivity index (χ2n) is 6.68. The van der Waals surface area contributed by atoms with Crippen molar-refractivity contribution in [1.29, 1.82) is 0 Å². The molecule has 0 radical (unpaired) electrons. The van der Waals surface area contributed by atoms with E-state index in [0.717, 1.165) is 5.57 Å². The summed E-state index contributed by atoms with van der Waals surface area (Å²) >= 11 is 0. The monoisotopic (exact) mass is 302 g/mol. The standard InChI is InChI=1S/C20H27FO/c1-15(8-6-9-17(3)19(21)14-22)11-12-18-16(2)10-7-13-20(18,4)5/h6,8-9,11-12,14H,7,10,13H2,1-5H3/b9-6-,12-11+,15-8+,19-17+. The van der Waals surface area contributed by atoms with E-state index in [4.69, 9.17) is 0 Å². The van der Waals surface area contributed by atoms with Crippen molar-refractivity contribution in [2.75, 3.05) is 0 Å². The quantitative estimate of drug-likeness (QED) is 0.345. The van der Waals surface area contributed by atoms with Gasteiger partial charge in [0.05, 0.1) is 0 Å². The first-order valence-electron chi connectivity index (χ1n) is 7.83. The van der Waals surface area contributed by atoms with E-state index in [9.17, 15) is 9.18 Å². The summed E-state index contributed by atoms with van der Waals surface area (Å²) in [6.45, 7) is 10.4. The van der Waals surface area contributed by atoms with Crippen LogP contribution in [0.3, 0.4) is 0 Å². The molecule has 1 aliphatic carbocycles. The van der Waals surface area contributed by atoms with Gasteiger partial charge in [-0.05, 0) is 56.6 Å².